The van der Waals surface area contributed by atoms with Gasteiger partial charge in [0.1, 0.15) is 11.3 Å². The second-order valence-corrected chi connectivity index (χ2v) is 5.97. The largest absolute Gasteiger partial charge is 0.493 e. The van der Waals surface area contributed by atoms with E-state index in [9.17, 15) is 14.0 Å². The lowest BCUT2D eigenvalue weighted by molar-refractivity contribution is 0.355. The lowest BCUT2D eigenvalue weighted by atomic mass is 10.2. The molecule has 2 aromatic carbocycles. The first-order valence-corrected chi connectivity index (χ1v) is 8.24. The van der Waals surface area contributed by atoms with Gasteiger partial charge in [0.2, 0.25) is 0 Å². The van der Waals surface area contributed by atoms with Gasteiger partial charge in [0.05, 0.1) is 26.0 Å². The molecule has 8 nitrogen and oxygen atoms in total. The lowest BCUT2D eigenvalue weighted by Crippen LogP contribution is -2.32. The first-order chi connectivity index (χ1) is 13.5. The van der Waals surface area contributed by atoms with Crippen molar-refractivity contribution in [3.63, 3.8) is 0 Å². The van der Waals surface area contributed by atoms with Gasteiger partial charge in [0.25, 0.3) is 0 Å². The average Bonchev–Trinajstić information content (AvgIpc) is 3.05. The van der Waals surface area contributed by atoms with E-state index in [1.165, 1.54) is 38.6 Å². The Morgan fingerprint density at radius 3 is 2.54 bits per heavy atom. The summed E-state index contributed by atoms with van der Waals surface area (Å²) in [6.45, 7) is 0. The summed E-state index contributed by atoms with van der Waals surface area (Å²) in [6, 6.07) is 9.06. The fraction of sp³-hybridized carbons (Fsp3) is 0.105. The first-order valence-electron chi connectivity index (χ1n) is 8.24. The first kappa shape index (κ1) is 17.5. The van der Waals surface area contributed by atoms with Gasteiger partial charge in [-0.2, -0.15) is 5.10 Å². The van der Waals surface area contributed by atoms with Gasteiger partial charge in [-0.1, -0.05) is 0 Å². The van der Waals surface area contributed by atoms with E-state index in [1.807, 2.05) is 0 Å². The summed E-state index contributed by atoms with van der Waals surface area (Å²) in [7, 11) is 3.02. The summed E-state index contributed by atoms with van der Waals surface area (Å²) in [5.74, 6) is 0.562. The number of ether oxygens (including phenoxy) is 2. The number of aromatic amines is 2. The molecule has 0 saturated carbocycles. The quantitative estimate of drug-likeness (QED) is 0.529. The van der Waals surface area contributed by atoms with E-state index in [4.69, 9.17) is 9.47 Å². The molecular formula is C19H15FN4O4. The van der Waals surface area contributed by atoms with Gasteiger partial charge < -0.3 is 19.4 Å². The number of halogens is 1. The molecule has 28 heavy (non-hydrogen) atoms. The molecule has 0 aliphatic rings. The van der Waals surface area contributed by atoms with Gasteiger partial charge in [-0.25, -0.2) is 9.18 Å². The maximum atomic E-state index is 13.5. The van der Waals surface area contributed by atoms with Crippen molar-refractivity contribution in [2.75, 3.05) is 14.2 Å². The minimum absolute atomic E-state index is 0.129. The summed E-state index contributed by atoms with van der Waals surface area (Å²) in [5, 5.41) is 4.41. The second kappa shape index (κ2) is 6.69. The molecule has 4 aromatic rings. The molecule has 0 radical (unpaired) electrons. The zero-order valence-corrected chi connectivity index (χ0v) is 14.9. The molecule has 0 aliphatic carbocycles. The number of aromatic nitrogens is 3. The van der Waals surface area contributed by atoms with Crippen molar-refractivity contribution in [1.82, 2.24) is 14.6 Å². The minimum atomic E-state index is -0.737. The average molecular weight is 382 g/mol. The molecule has 2 N–H and O–H groups in total. The van der Waals surface area contributed by atoms with Crippen LogP contribution in [0.4, 0.5) is 4.39 Å². The Balaban J connectivity index is 1.83. The Bertz CT molecular complexity index is 1350. The monoisotopic (exact) mass is 382 g/mol. The fourth-order valence-corrected chi connectivity index (χ4v) is 2.97. The number of methoxy groups -OCH3 is 2. The highest BCUT2D eigenvalue weighted by Gasteiger charge is 2.13. The fourth-order valence-electron chi connectivity index (χ4n) is 2.97. The highest BCUT2D eigenvalue weighted by atomic mass is 19.1. The SMILES string of the molecule is COc1ccc(/C=N/n2c(=O)[nH]c3c([nH]c4ccc(F)cc43)c2=O)cc1OC. The molecule has 9 heteroatoms. The summed E-state index contributed by atoms with van der Waals surface area (Å²) in [4.78, 5) is 30.5. The number of rotatable bonds is 4. The van der Waals surface area contributed by atoms with Crippen LogP contribution in [0.15, 0.2) is 51.1 Å². The van der Waals surface area contributed by atoms with Crippen LogP contribution in [0.3, 0.4) is 0 Å². The Kier molecular flexibility index (Phi) is 4.19. The van der Waals surface area contributed by atoms with Gasteiger partial charge in [-0.3, -0.25) is 4.79 Å². The maximum Gasteiger partial charge on any atom is 0.350 e. The standard InChI is InChI=1S/C19H15FN4O4/c1-27-14-6-3-10(7-15(14)28-2)9-21-24-18(25)17-16(23-19(24)26)12-8-11(20)4-5-13(12)22-17/h3-9,22H,1-2H3,(H,23,26)/b21-9+. The normalized spacial score (nSPS) is 11.5. The van der Waals surface area contributed by atoms with Crippen molar-refractivity contribution in [1.29, 1.82) is 0 Å². The van der Waals surface area contributed by atoms with Crippen LogP contribution in [-0.2, 0) is 0 Å². The van der Waals surface area contributed by atoms with Crippen LogP contribution in [0.1, 0.15) is 5.56 Å². The maximum absolute atomic E-state index is 13.5. The third-order valence-corrected chi connectivity index (χ3v) is 4.32. The number of fused-ring (bicyclic) bond motifs is 3. The summed E-state index contributed by atoms with van der Waals surface area (Å²) < 4.78 is 24.6. The predicted octanol–water partition coefficient (Wildman–Crippen LogP) is 2.21. The second-order valence-electron chi connectivity index (χ2n) is 5.97. The topological polar surface area (TPSA) is 101 Å². The van der Waals surface area contributed by atoms with E-state index in [-0.39, 0.29) is 11.0 Å². The molecule has 0 fully saturated rings. The van der Waals surface area contributed by atoms with E-state index in [0.29, 0.717) is 32.6 Å². The third kappa shape index (κ3) is 2.82. The van der Waals surface area contributed by atoms with Crippen LogP contribution in [0.5, 0.6) is 11.5 Å². The molecule has 2 heterocycles. The minimum Gasteiger partial charge on any atom is -0.493 e. The van der Waals surface area contributed by atoms with Crippen molar-refractivity contribution < 1.29 is 13.9 Å². The van der Waals surface area contributed by atoms with Gasteiger partial charge in [0.15, 0.2) is 11.5 Å². The Labute approximate surface area is 156 Å². The highest BCUT2D eigenvalue weighted by molar-refractivity contribution is 6.04. The van der Waals surface area contributed by atoms with Gasteiger partial charge in [-0.15, -0.1) is 4.68 Å². The zero-order chi connectivity index (χ0) is 19.8. The summed E-state index contributed by atoms with van der Waals surface area (Å²) in [6.07, 6.45) is 1.35. The molecular weight excluding hydrogens is 367 g/mol. The van der Waals surface area contributed by atoms with Crippen LogP contribution >= 0.6 is 0 Å². The van der Waals surface area contributed by atoms with Crippen molar-refractivity contribution in [2.24, 2.45) is 5.10 Å². The number of nitrogens with one attached hydrogen (secondary N) is 2. The van der Waals surface area contributed by atoms with E-state index in [1.54, 1.807) is 18.2 Å². The van der Waals surface area contributed by atoms with E-state index < -0.39 is 17.1 Å². The number of hydrogen-bond acceptors (Lipinski definition) is 5. The van der Waals surface area contributed by atoms with Crippen LogP contribution in [0.25, 0.3) is 21.9 Å². The molecule has 2 aromatic heterocycles. The lowest BCUT2D eigenvalue weighted by Gasteiger charge is -2.07. The molecule has 0 saturated heterocycles. The van der Waals surface area contributed by atoms with Crippen LogP contribution < -0.4 is 20.7 Å². The molecule has 0 atom stereocenters. The van der Waals surface area contributed by atoms with Crippen LogP contribution in [0.2, 0.25) is 0 Å². The summed E-state index contributed by atoms with van der Waals surface area (Å²) >= 11 is 0. The Morgan fingerprint density at radius 2 is 1.79 bits per heavy atom. The van der Waals surface area contributed by atoms with Crippen LogP contribution in [0, 0.1) is 5.82 Å². The summed E-state index contributed by atoms with van der Waals surface area (Å²) in [5.41, 5.74) is 0.117. The van der Waals surface area contributed by atoms with Gasteiger partial charge in [0, 0.05) is 10.9 Å². The number of nitrogens with zero attached hydrogens (tertiary/aromatic N) is 2. The van der Waals surface area contributed by atoms with E-state index >= 15 is 0 Å². The van der Waals surface area contributed by atoms with Crippen LogP contribution in [-0.4, -0.2) is 35.1 Å². The third-order valence-electron chi connectivity index (χ3n) is 4.32. The molecule has 4 rings (SSSR count). The Morgan fingerprint density at radius 1 is 1.00 bits per heavy atom. The number of H-pyrrole nitrogens is 2. The smallest absolute Gasteiger partial charge is 0.350 e. The highest BCUT2D eigenvalue weighted by Crippen LogP contribution is 2.27. The zero-order valence-electron chi connectivity index (χ0n) is 14.9. The van der Waals surface area contributed by atoms with Crippen molar-refractivity contribution >= 4 is 28.2 Å². The van der Waals surface area contributed by atoms with Crippen molar-refractivity contribution in [3.05, 3.63) is 68.6 Å². The molecule has 0 amide bonds. The van der Waals surface area contributed by atoms with Crippen molar-refractivity contribution in [3.8, 4) is 11.5 Å². The van der Waals surface area contributed by atoms with E-state index in [2.05, 4.69) is 15.1 Å². The van der Waals surface area contributed by atoms with E-state index in [0.717, 1.165) is 0 Å². The van der Waals surface area contributed by atoms with Crippen molar-refractivity contribution in [2.45, 2.75) is 0 Å². The number of hydrogen-bond donors (Lipinski definition) is 2. The molecule has 0 spiro atoms. The predicted molar refractivity (Wildman–Crippen MR) is 103 cm³/mol. The molecule has 0 unspecified atom stereocenters. The molecule has 142 valence electrons. The molecule has 0 aliphatic heterocycles. The number of benzene rings is 2. The van der Waals surface area contributed by atoms with Gasteiger partial charge >= 0.3 is 11.2 Å². The Hall–Kier alpha value is -3.88. The molecule has 0 bridgehead atoms. The van der Waals surface area contributed by atoms with Gasteiger partial charge in [-0.05, 0) is 42.0 Å².